The molecule has 0 amide bonds. The fraction of sp³-hybridized carbons (Fsp3) is 0.429. The monoisotopic (exact) mass is 309 g/mol. The van der Waals surface area contributed by atoms with E-state index in [9.17, 15) is 0 Å². The van der Waals surface area contributed by atoms with E-state index in [-0.39, 0.29) is 6.04 Å². The summed E-state index contributed by atoms with van der Waals surface area (Å²) >= 11 is 3.22. The molecule has 0 fully saturated rings. The minimum atomic E-state index is 0.268. The zero-order chi connectivity index (χ0) is 14.4. The van der Waals surface area contributed by atoms with E-state index in [2.05, 4.69) is 33.7 Å². The quantitative estimate of drug-likeness (QED) is 0.796. The molecule has 0 saturated heterocycles. The maximum absolute atomic E-state index is 5.28. The zero-order valence-corrected chi connectivity index (χ0v) is 13.6. The molecule has 0 saturated carbocycles. The van der Waals surface area contributed by atoms with E-state index in [0.717, 1.165) is 28.1 Å². The van der Waals surface area contributed by atoms with Gasteiger partial charge < -0.3 is 10.1 Å². The van der Waals surface area contributed by atoms with Gasteiger partial charge in [0.1, 0.15) is 11.6 Å². The molecule has 2 aromatic rings. The summed E-state index contributed by atoms with van der Waals surface area (Å²) in [6.45, 7) is 2.07. The van der Waals surface area contributed by atoms with Crippen molar-refractivity contribution < 1.29 is 4.74 Å². The number of nitrogens with one attached hydrogen (secondary N) is 1. The molecule has 0 aliphatic carbocycles. The Morgan fingerprint density at radius 3 is 2.95 bits per heavy atom. The highest BCUT2D eigenvalue weighted by molar-refractivity contribution is 8.00. The molecule has 1 aromatic carbocycles. The van der Waals surface area contributed by atoms with Crippen molar-refractivity contribution in [2.24, 2.45) is 0 Å². The maximum atomic E-state index is 5.28. The van der Waals surface area contributed by atoms with E-state index in [1.54, 1.807) is 18.9 Å². The Morgan fingerprint density at radius 1 is 1.45 bits per heavy atom. The molecule has 0 aliphatic heterocycles. The number of methoxy groups -OCH3 is 1. The predicted molar refractivity (Wildman–Crippen MR) is 84.8 cm³/mol. The molecule has 6 heteroatoms. The Bertz CT molecular complexity index is 545. The standard InChI is InChI=1S/C14H19N3OS2/c1-4-13-16-14(20-17-13)19-9-12(15-2)10-6-5-7-11(8-10)18-3/h5-8,12,15H,4,9H2,1-3H3. The number of ether oxygens (including phenoxy) is 1. The first-order chi connectivity index (χ1) is 9.76. The van der Waals surface area contributed by atoms with Crippen LogP contribution in [-0.2, 0) is 6.42 Å². The van der Waals surface area contributed by atoms with Crippen LogP contribution in [0, 0.1) is 0 Å². The van der Waals surface area contributed by atoms with Crippen LogP contribution in [0.2, 0.25) is 0 Å². The van der Waals surface area contributed by atoms with Crippen LogP contribution < -0.4 is 10.1 Å². The van der Waals surface area contributed by atoms with Crippen molar-refractivity contribution >= 4 is 23.3 Å². The lowest BCUT2D eigenvalue weighted by atomic mass is 10.1. The van der Waals surface area contributed by atoms with Gasteiger partial charge in [-0.05, 0) is 36.3 Å². The Morgan fingerprint density at radius 2 is 2.30 bits per heavy atom. The van der Waals surface area contributed by atoms with Gasteiger partial charge in [0.15, 0.2) is 4.34 Å². The molecule has 1 aromatic heterocycles. The first kappa shape index (κ1) is 15.3. The van der Waals surface area contributed by atoms with Gasteiger partial charge in [-0.1, -0.05) is 30.8 Å². The lowest BCUT2D eigenvalue weighted by Crippen LogP contribution is -2.18. The Balaban J connectivity index is 2.01. The van der Waals surface area contributed by atoms with Crippen LogP contribution in [-0.4, -0.2) is 29.3 Å². The summed E-state index contributed by atoms with van der Waals surface area (Å²) in [6, 6.07) is 8.43. The average Bonchev–Trinajstić information content (AvgIpc) is 2.96. The summed E-state index contributed by atoms with van der Waals surface area (Å²) in [7, 11) is 3.66. The SMILES string of the molecule is CCc1nsc(SCC(NC)c2cccc(OC)c2)n1. The Labute approximate surface area is 128 Å². The van der Waals surface area contributed by atoms with Gasteiger partial charge in [-0.25, -0.2) is 4.98 Å². The van der Waals surface area contributed by atoms with Crippen LogP contribution in [0.3, 0.4) is 0 Å². The minimum absolute atomic E-state index is 0.268. The summed E-state index contributed by atoms with van der Waals surface area (Å²) < 4.78 is 10.6. The van der Waals surface area contributed by atoms with Crippen LogP contribution in [0.25, 0.3) is 0 Å². The molecule has 2 rings (SSSR count). The normalized spacial score (nSPS) is 12.3. The van der Waals surface area contributed by atoms with Crippen molar-refractivity contribution in [1.82, 2.24) is 14.7 Å². The minimum Gasteiger partial charge on any atom is -0.497 e. The largest absolute Gasteiger partial charge is 0.497 e. The summed E-state index contributed by atoms with van der Waals surface area (Å²) in [6.07, 6.45) is 0.891. The van der Waals surface area contributed by atoms with Gasteiger partial charge in [0.2, 0.25) is 0 Å². The van der Waals surface area contributed by atoms with Gasteiger partial charge in [-0.2, -0.15) is 4.37 Å². The molecule has 1 unspecified atom stereocenters. The van der Waals surface area contributed by atoms with Gasteiger partial charge in [-0.3, -0.25) is 0 Å². The third-order valence-corrected chi connectivity index (χ3v) is 4.95. The molecule has 0 spiro atoms. The van der Waals surface area contributed by atoms with E-state index >= 15 is 0 Å². The first-order valence-electron chi connectivity index (χ1n) is 6.53. The molecule has 1 heterocycles. The van der Waals surface area contributed by atoms with Crippen LogP contribution in [0.5, 0.6) is 5.75 Å². The van der Waals surface area contributed by atoms with Crippen LogP contribution in [0.15, 0.2) is 28.6 Å². The zero-order valence-electron chi connectivity index (χ0n) is 11.9. The van der Waals surface area contributed by atoms with Crippen molar-refractivity contribution in [2.75, 3.05) is 19.9 Å². The van der Waals surface area contributed by atoms with Crippen molar-refractivity contribution in [3.8, 4) is 5.75 Å². The summed E-state index contributed by atoms with van der Waals surface area (Å²) in [5, 5.41) is 3.34. The van der Waals surface area contributed by atoms with E-state index in [4.69, 9.17) is 4.74 Å². The maximum Gasteiger partial charge on any atom is 0.170 e. The van der Waals surface area contributed by atoms with Crippen molar-refractivity contribution in [2.45, 2.75) is 23.7 Å². The summed E-state index contributed by atoms with van der Waals surface area (Å²) in [4.78, 5) is 4.48. The molecular weight excluding hydrogens is 290 g/mol. The number of nitrogens with zero attached hydrogens (tertiary/aromatic N) is 2. The molecule has 0 bridgehead atoms. The van der Waals surface area contributed by atoms with Crippen LogP contribution in [0.1, 0.15) is 24.4 Å². The smallest absolute Gasteiger partial charge is 0.170 e. The predicted octanol–water partition coefficient (Wildman–Crippen LogP) is 3.16. The van der Waals surface area contributed by atoms with E-state index in [0.29, 0.717) is 0 Å². The second-order valence-corrected chi connectivity index (χ2v) is 6.28. The van der Waals surface area contributed by atoms with Gasteiger partial charge in [0.05, 0.1) is 7.11 Å². The molecular formula is C14H19N3OS2. The summed E-state index contributed by atoms with van der Waals surface area (Å²) in [5.74, 6) is 2.74. The van der Waals surface area contributed by atoms with Crippen molar-refractivity contribution in [3.63, 3.8) is 0 Å². The molecule has 4 nitrogen and oxygen atoms in total. The fourth-order valence-electron chi connectivity index (χ4n) is 1.80. The molecule has 108 valence electrons. The number of benzene rings is 1. The molecule has 1 N–H and O–H groups in total. The number of thioether (sulfide) groups is 1. The Kier molecular flexibility index (Phi) is 5.82. The highest BCUT2D eigenvalue weighted by atomic mass is 32.2. The van der Waals surface area contributed by atoms with E-state index < -0.39 is 0 Å². The average molecular weight is 309 g/mol. The molecule has 20 heavy (non-hydrogen) atoms. The number of hydrogen-bond acceptors (Lipinski definition) is 6. The van der Waals surface area contributed by atoms with Gasteiger partial charge >= 0.3 is 0 Å². The second kappa shape index (κ2) is 7.61. The highest BCUT2D eigenvalue weighted by Gasteiger charge is 2.12. The van der Waals surface area contributed by atoms with Crippen molar-refractivity contribution in [1.29, 1.82) is 0 Å². The topological polar surface area (TPSA) is 47.0 Å². The van der Waals surface area contributed by atoms with Gasteiger partial charge in [0.25, 0.3) is 0 Å². The highest BCUT2D eigenvalue weighted by Crippen LogP contribution is 2.27. The van der Waals surface area contributed by atoms with E-state index in [1.807, 2.05) is 19.2 Å². The number of rotatable bonds is 7. The fourth-order valence-corrected chi connectivity index (χ4v) is 3.66. The number of aryl methyl sites for hydroxylation is 1. The number of hydrogen-bond donors (Lipinski definition) is 1. The van der Waals surface area contributed by atoms with Gasteiger partial charge in [0, 0.05) is 18.2 Å². The van der Waals surface area contributed by atoms with E-state index in [1.165, 1.54) is 17.1 Å². The van der Waals surface area contributed by atoms with Crippen LogP contribution in [0.4, 0.5) is 0 Å². The second-order valence-electron chi connectivity index (χ2n) is 4.26. The summed E-state index contributed by atoms with van der Waals surface area (Å²) in [5.41, 5.74) is 1.22. The van der Waals surface area contributed by atoms with Crippen LogP contribution >= 0.6 is 23.3 Å². The molecule has 0 aliphatic rings. The Hall–Kier alpha value is -1.11. The third kappa shape index (κ3) is 3.94. The number of aromatic nitrogens is 2. The molecule has 0 radical (unpaired) electrons. The first-order valence-corrected chi connectivity index (χ1v) is 8.29. The third-order valence-electron chi connectivity index (χ3n) is 2.98. The lowest BCUT2D eigenvalue weighted by molar-refractivity contribution is 0.413. The van der Waals surface area contributed by atoms with Gasteiger partial charge in [-0.15, -0.1) is 0 Å². The van der Waals surface area contributed by atoms with Crippen molar-refractivity contribution in [3.05, 3.63) is 35.7 Å². The lowest BCUT2D eigenvalue weighted by Gasteiger charge is -2.16. The molecule has 1 atom stereocenters.